The number of para-hydroxylation sites is 1. The smallest absolute Gasteiger partial charge is 0.413 e. The number of carboxylic acid groups (broad SMARTS) is 1. The number of amides is 1. The standard InChI is InChI=1S/C20H21BrN4O4/c21-16-13-22-25-18(24(20(26)27)9-6-14-7-10-28-11-8-14)12-17(23-19(16)25)29-15-4-2-1-3-5-15/h1-5,12-14H,6-11H2,(H,26,27). The summed E-state index contributed by atoms with van der Waals surface area (Å²) >= 11 is 3.43. The molecular weight excluding hydrogens is 440 g/mol. The van der Waals surface area contributed by atoms with Gasteiger partial charge in [-0.05, 0) is 53.2 Å². The Morgan fingerprint density at radius 2 is 2.07 bits per heavy atom. The van der Waals surface area contributed by atoms with Crippen molar-refractivity contribution >= 4 is 33.5 Å². The predicted octanol–water partition coefficient (Wildman–Crippen LogP) is 4.59. The van der Waals surface area contributed by atoms with Crippen molar-refractivity contribution in [3.63, 3.8) is 0 Å². The number of nitrogens with zero attached hydrogens (tertiary/aromatic N) is 4. The van der Waals surface area contributed by atoms with E-state index in [4.69, 9.17) is 9.47 Å². The first-order valence-electron chi connectivity index (χ1n) is 9.47. The van der Waals surface area contributed by atoms with Crippen LogP contribution in [0.3, 0.4) is 0 Å². The molecule has 1 amide bonds. The van der Waals surface area contributed by atoms with Crippen LogP contribution in [0.5, 0.6) is 11.6 Å². The van der Waals surface area contributed by atoms with Gasteiger partial charge in [-0.25, -0.2) is 4.79 Å². The van der Waals surface area contributed by atoms with Crippen LogP contribution in [0.25, 0.3) is 5.65 Å². The van der Waals surface area contributed by atoms with Gasteiger partial charge in [0.1, 0.15) is 11.6 Å². The SMILES string of the molecule is O=C(O)N(CCC1CCOCC1)c1cc(Oc2ccccc2)nc2c(Br)cnn12. The van der Waals surface area contributed by atoms with Crippen molar-refractivity contribution in [2.75, 3.05) is 24.7 Å². The van der Waals surface area contributed by atoms with Crippen molar-refractivity contribution in [2.24, 2.45) is 5.92 Å². The quantitative estimate of drug-likeness (QED) is 0.578. The van der Waals surface area contributed by atoms with E-state index >= 15 is 0 Å². The van der Waals surface area contributed by atoms with E-state index in [-0.39, 0.29) is 0 Å². The van der Waals surface area contributed by atoms with Gasteiger partial charge in [-0.15, -0.1) is 0 Å². The minimum absolute atomic E-state index is 0.303. The first-order valence-corrected chi connectivity index (χ1v) is 10.3. The second-order valence-corrected chi connectivity index (χ2v) is 7.73. The zero-order valence-electron chi connectivity index (χ0n) is 15.7. The highest BCUT2D eigenvalue weighted by Crippen LogP contribution is 2.29. The van der Waals surface area contributed by atoms with Crippen molar-refractivity contribution < 1.29 is 19.4 Å². The average molecular weight is 461 g/mol. The number of rotatable bonds is 6. The molecular formula is C20H21BrN4O4. The third-order valence-corrected chi connectivity index (χ3v) is 5.52. The number of ether oxygens (including phenoxy) is 2. The van der Waals surface area contributed by atoms with Gasteiger partial charge >= 0.3 is 6.09 Å². The van der Waals surface area contributed by atoms with Crippen LogP contribution in [-0.2, 0) is 4.74 Å². The Morgan fingerprint density at radius 3 is 2.79 bits per heavy atom. The van der Waals surface area contributed by atoms with Crippen molar-refractivity contribution in [1.29, 1.82) is 0 Å². The fourth-order valence-electron chi connectivity index (χ4n) is 3.41. The molecule has 0 radical (unpaired) electrons. The van der Waals surface area contributed by atoms with Crippen LogP contribution in [0.15, 0.2) is 47.1 Å². The molecule has 0 spiro atoms. The van der Waals surface area contributed by atoms with Gasteiger partial charge in [-0.2, -0.15) is 14.6 Å². The summed E-state index contributed by atoms with van der Waals surface area (Å²) in [7, 11) is 0. The van der Waals surface area contributed by atoms with Crippen molar-refractivity contribution in [3.05, 3.63) is 47.1 Å². The molecule has 152 valence electrons. The highest BCUT2D eigenvalue weighted by Gasteiger charge is 2.23. The average Bonchev–Trinajstić information content (AvgIpc) is 3.10. The molecule has 1 fully saturated rings. The molecule has 1 aliphatic heterocycles. The molecule has 1 aromatic carbocycles. The zero-order valence-corrected chi connectivity index (χ0v) is 17.3. The molecule has 0 saturated carbocycles. The van der Waals surface area contributed by atoms with Crippen LogP contribution in [0.2, 0.25) is 0 Å². The van der Waals surface area contributed by atoms with Crippen molar-refractivity contribution in [2.45, 2.75) is 19.3 Å². The second kappa shape index (κ2) is 8.79. The summed E-state index contributed by atoms with van der Waals surface area (Å²) in [6.07, 6.45) is 3.22. The Labute approximate surface area is 176 Å². The maximum absolute atomic E-state index is 12.1. The number of halogens is 1. The van der Waals surface area contributed by atoms with Crippen LogP contribution in [0.4, 0.5) is 10.6 Å². The van der Waals surface area contributed by atoms with Crippen LogP contribution in [-0.4, -0.2) is 45.6 Å². The van der Waals surface area contributed by atoms with Crippen molar-refractivity contribution in [1.82, 2.24) is 14.6 Å². The summed E-state index contributed by atoms with van der Waals surface area (Å²) in [5, 5.41) is 14.2. The Hall–Kier alpha value is -2.65. The largest absolute Gasteiger partial charge is 0.465 e. The predicted molar refractivity (Wildman–Crippen MR) is 111 cm³/mol. The first kappa shape index (κ1) is 19.7. The minimum atomic E-state index is -1.04. The van der Waals surface area contributed by atoms with E-state index in [2.05, 4.69) is 26.0 Å². The van der Waals surface area contributed by atoms with Crippen LogP contribution >= 0.6 is 15.9 Å². The summed E-state index contributed by atoms with van der Waals surface area (Å²) in [5.41, 5.74) is 0.491. The fraction of sp³-hybridized carbons (Fsp3) is 0.350. The Morgan fingerprint density at radius 1 is 1.31 bits per heavy atom. The lowest BCUT2D eigenvalue weighted by molar-refractivity contribution is 0.0645. The van der Waals surface area contributed by atoms with Gasteiger partial charge in [-0.1, -0.05) is 18.2 Å². The molecule has 4 rings (SSSR count). The summed E-state index contributed by atoms with van der Waals surface area (Å²) in [6, 6.07) is 10.9. The fourth-order valence-corrected chi connectivity index (χ4v) is 3.76. The van der Waals surface area contributed by atoms with Crippen LogP contribution < -0.4 is 9.64 Å². The lowest BCUT2D eigenvalue weighted by Gasteiger charge is -2.26. The normalized spacial score (nSPS) is 14.8. The number of anilines is 1. The topological polar surface area (TPSA) is 89.2 Å². The van der Waals surface area contributed by atoms with E-state index in [1.807, 2.05) is 30.3 Å². The van der Waals surface area contributed by atoms with Crippen LogP contribution in [0, 0.1) is 5.92 Å². The molecule has 8 nitrogen and oxygen atoms in total. The third-order valence-electron chi connectivity index (χ3n) is 4.96. The zero-order chi connectivity index (χ0) is 20.2. The van der Waals surface area contributed by atoms with Gasteiger partial charge in [0.05, 0.1) is 10.7 Å². The van der Waals surface area contributed by atoms with Gasteiger partial charge in [-0.3, -0.25) is 4.90 Å². The number of benzene rings is 1. The first-order chi connectivity index (χ1) is 14.1. The minimum Gasteiger partial charge on any atom is -0.465 e. The lowest BCUT2D eigenvalue weighted by atomic mass is 9.96. The van der Waals surface area contributed by atoms with Crippen molar-refractivity contribution in [3.8, 4) is 11.6 Å². The molecule has 0 aliphatic carbocycles. The Kier molecular flexibility index (Phi) is 5.96. The number of hydrogen-bond donors (Lipinski definition) is 1. The third kappa shape index (κ3) is 4.51. The molecule has 1 aliphatic rings. The molecule has 1 N–H and O–H groups in total. The number of hydrogen-bond acceptors (Lipinski definition) is 5. The lowest BCUT2D eigenvalue weighted by Crippen LogP contribution is -2.34. The number of aromatic nitrogens is 3. The highest BCUT2D eigenvalue weighted by molar-refractivity contribution is 9.10. The van der Waals surface area contributed by atoms with Gasteiger partial charge in [0, 0.05) is 25.8 Å². The summed E-state index contributed by atoms with van der Waals surface area (Å²) < 4.78 is 13.4. The molecule has 29 heavy (non-hydrogen) atoms. The van der Waals surface area contributed by atoms with Gasteiger partial charge < -0.3 is 14.6 Å². The molecule has 0 bridgehead atoms. The molecule has 3 heterocycles. The molecule has 9 heteroatoms. The maximum Gasteiger partial charge on any atom is 0.413 e. The van der Waals surface area contributed by atoms with E-state index in [9.17, 15) is 9.90 Å². The molecule has 0 unspecified atom stereocenters. The summed E-state index contributed by atoms with van der Waals surface area (Å²) in [4.78, 5) is 17.9. The summed E-state index contributed by atoms with van der Waals surface area (Å²) in [6.45, 7) is 1.83. The molecule has 1 saturated heterocycles. The van der Waals surface area contributed by atoms with Gasteiger partial charge in [0.2, 0.25) is 5.88 Å². The molecule has 3 aromatic rings. The Bertz CT molecular complexity index is 989. The van der Waals surface area contributed by atoms with E-state index < -0.39 is 6.09 Å². The Balaban J connectivity index is 1.66. The molecule has 2 aromatic heterocycles. The monoisotopic (exact) mass is 460 g/mol. The molecule has 0 atom stereocenters. The van der Waals surface area contributed by atoms with E-state index in [1.54, 1.807) is 12.3 Å². The van der Waals surface area contributed by atoms with Crippen LogP contribution in [0.1, 0.15) is 19.3 Å². The van der Waals surface area contributed by atoms with E-state index in [0.717, 1.165) is 32.5 Å². The highest BCUT2D eigenvalue weighted by atomic mass is 79.9. The maximum atomic E-state index is 12.1. The number of carbonyl (C=O) groups is 1. The second-order valence-electron chi connectivity index (χ2n) is 6.87. The van der Waals surface area contributed by atoms with Gasteiger partial charge in [0.15, 0.2) is 5.65 Å². The van der Waals surface area contributed by atoms with E-state index in [0.29, 0.717) is 40.0 Å². The number of fused-ring (bicyclic) bond motifs is 1. The summed E-state index contributed by atoms with van der Waals surface area (Å²) in [5.74, 6) is 1.77. The van der Waals surface area contributed by atoms with E-state index in [1.165, 1.54) is 9.42 Å². The van der Waals surface area contributed by atoms with Gasteiger partial charge in [0.25, 0.3) is 0 Å².